The molecule has 6 rings (SSSR count). The molecule has 0 aromatic rings. The van der Waals surface area contributed by atoms with Crippen molar-refractivity contribution < 1.29 is 18.4 Å². The van der Waals surface area contributed by atoms with Crippen molar-refractivity contribution in [1.29, 1.82) is 0 Å². The maximum Gasteiger partial charge on any atom is 0.227 e. The lowest BCUT2D eigenvalue weighted by atomic mass is 9.68. The van der Waals surface area contributed by atoms with Crippen molar-refractivity contribution in [3.63, 3.8) is 0 Å². The third kappa shape index (κ3) is 6.47. The molecule has 0 spiro atoms. The van der Waals surface area contributed by atoms with Crippen molar-refractivity contribution in [2.45, 2.75) is 113 Å². The van der Waals surface area contributed by atoms with Crippen LogP contribution in [0.1, 0.15) is 64.7 Å². The summed E-state index contributed by atoms with van der Waals surface area (Å²) in [6.07, 6.45) is 5.38. The minimum atomic E-state index is -1.15. The molecule has 244 valence electrons. The number of rotatable bonds is 7. The highest BCUT2D eigenvalue weighted by molar-refractivity contribution is 5.81. The van der Waals surface area contributed by atoms with E-state index >= 15 is 4.39 Å². The van der Waals surface area contributed by atoms with Gasteiger partial charge in [0.15, 0.2) is 0 Å². The summed E-state index contributed by atoms with van der Waals surface area (Å²) in [7, 11) is 0. The van der Waals surface area contributed by atoms with Gasteiger partial charge in [0.05, 0.1) is 24.2 Å². The van der Waals surface area contributed by atoms with Gasteiger partial charge in [0.1, 0.15) is 12.3 Å². The number of nitrogens with one attached hydrogen (secondary N) is 2. The Labute approximate surface area is 255 Å². The Bertz CT molecular complexity index is 993. The SMILES string of the molecule is CC12CCC(F)CN1C(C(C(=O)NC1CNCC(F)C1N1CCC(C(=O)N3CCC(N4CCCCC4)C3)CC1)C(N)N)C2. The number of hydrogen-bond acceptors (Lipinski definition) is 8. The maximum atomic E-state index is 15.5. The monoisotopic (exact) mass is 608 g/mol. The van der Waals surface area contributed by atoms with Gasteiger partial charge in [-0.2, -0.15) is 0 Å². The second-order valence-electron chi connectivity index (χ2n) is 14.6. The standard InChI is InChI=1S/C31H54F2N8O2/c1-31-9-5-21(32)18-41(31)25(15-31)26(28(34)35)29(42)37-24-17-36-16-23(33)27(24)39-12-6-20(7-13-39)30(43)40-14-8-22(19-40)38-10-3-2-4-11-38/h20-28,36H,2-19,34-35H2,1H3,(H,37,42). The van der Waals surface area contributed by atoms with Gasteiger partial charge in [-0.1, -0.05) is 6.42 Å². The molecule has 6 aliphatic heterocycles. The van der Waals surface area contributed by atoms with E-state index in [0.717, 1.165) is 45.4 Å². The quantitative estimate of drug-likeness (QED) is 0.307. The number of fused-ring (bicyclic) bond motifs is 1. The van der Waals surface area contributed by atoms with Gasteiger partial charge >= 0.3 is 0 Å². The average molecular weight is 609 g/mol. The zero-order chi connectivity index (χ0) is 30.3. The maximum absolute atomic E-state index is 15.5. The van der Waals surface area contributed by atoms with Crippen LogP contribution in [0.4, 0.5) is 8.78 Å². The number of carbonyl (C=O) groups excluding carboxylic acids is 2. The predicted molar refractivity (Wildman–Crippen MR) is 161 cm³/mol. The Morgan fingerprint density at radius 2 is 1.67 bits per heavy atom. The van der Waals surface area contributed by atoms with Gasteiger partial charge in [-0.05, 0) is 84.5 Å². The molecule has 10 nitrogen and oxygen atoms in total. The van der Waals surface area contributed by atoms with Crippen molar-refractivity contribution in [1.82, 2.24) is 30.2 Å². The number of likely N-dealkylation sites (tertiary alicyclic amines) is 3. The minimum Gasteiger partial charge on any atom is -0.350 e. The summed E-state index contributed by atoms with van der Waals surface area (Å²) in [6.45, 7) is 8.32. The van der Waals surface area contributed by atoms with Crippen LogP contribution >= 0.6 is 0 Å². The Hall–Kier alpha value is -1.44. The van der Waals surface area contributed by atoms with E-state index in [1.165, 1.54) is 19.3 Å². The summed E-state index contributed by atoms with van der Waals surface area (Å²) in [6, 6.07) is -0.664. The Kier molecular flexibility index (Phi) is 9.62. The molecule has 6 N–H and O–H groups in total. The molecule has 0 aliphatic carbocycles. The van der Waals surface area contributed by atoms with Gasteiger partial charge in [0.25, 0.3) is 0 Å². The van der Waals surface area contributed by atoms with E-state index in [1.54, 1.807) is 0 Å². The van der Waals surface area contributed by atoms with Gasteiger partial charge in [-0.15, -0.1) is 0 Å². The fraction of sp³-hybridized carbons (Fsp3) is 0.935. The summed E-state index contributed by atoms with van der Waals surface area (Å²) in [5, 5.41) is 6.25. The lowest BCUT2D eigenvalue weighted by Crippen LogP contribution is -2.74. The van der Waals surface area contributed by atoms with E-state index in [9.17, 15) is 14.0 Å². The number of alkyl halides is 2. The van der Waals surface area contributed by atoms with Gasteiger partial charge in [0.2, 0.25) is 11.8 Å². The van der Waals surface area contributed by atoms with Crippen molar-refractivity contribution >= 4 is 11.8 Å². The second-order valence-corrected chi connectivity index (χ2v) is 14.6. The first-order valence-electron chi connectivity index (χ1n) is 17.0. The molecule has 2 amide bonds. The molecular weight excluding hydrogens is 554 g/mol. The normalized spacial score (nSPS) is 39.3. The molecule has 43 heavy (non-hydrogen) atoms. The first-order chi connectivity index (χ1) is 20.6. The van der Waals surface area contributed by atoms with Gasteiger partial charge < -0.3 is 27.0 Å². The highest BCUT2D eigenvalue weighted by Crippen LogP contribution is 2.47. The number of piperidine rings is 4. The lowest BCUT2D eigenvalue weighted by molar-refractivity contribution is -0.152. The second kappa shape index (κ2) is 13.1. The highest BCUT2D eigenvalue weighted by atomic mass is 19.1. The largest absolute Gasteiger partial charge is 0.350 e. The third-order valence-electron chi connectivity index (χ3n) is 11.8. The average Bonchev–Trinajstić information content (AvgIpc) is 3.49. The molecule has 8 atom stereocenters. The van der Waals surface area contributed by atoms with Gasteiger partial charge in [-0.3, -0.25) is 24.3 Å². The molecule has 8 unspecified atom stereocenters. The van der Waals surface area contributed by atoms with E-state index in [1.807, 2.05) is 0 Å². The topological polar surface area (TPSA) is 123 Å². The molecule has 0 bridgehead atoms. The fourth-order valence-electron chi connectivity index (χ4n) is 9.26. The smallest absolute Gasteiger partial charge is 0.227 e. The molecular formula is C31H54F2N8O2. The molecule has 12 heteroatoms. The van der Waals surface area contributed by atoms with Crippen LogP contribution in [-0.4, -0.2) is 139 Å². The zero-order valence-electron chi connectivity index (χ0n) is 25.9. The molecule has 6 aliphatic rings. The summed E-state index contributed by atoms with van der Waals surface area (Å²) in [4.78, 5) is 36.0. The first-order valence-corrected chi connectivity index (χ1v) is 17.0. The number of nitrogens with zero attached hydrogens (tertiary/aromatic N) is 4. The minimum absolute atomic E-state index is 0.0272. The zero-order valence-corrected chi connectivity index (χ0v) is 25.9. The van der Waals surface area contributed by atoms with E-state index < -0.39 is 36.5 Å². The molecule has 6 fully saturated rings. The lowest BCUT2D eigenvalue weighted by Gasteiger charge is -2.62. The number of nitrogens with two attached hydrogens (primary N) is 2. The van der Waals surface area contributed by atoms with E-state index in [4.69, 9.17) is 11.5 Å². The molecule has 0 saturated carbocycles. The van der Waals surface area contributed by atoms with Crippen LogP contribution in [0.25, 0.3) is 0 Å². The third-order valence-corrected chi connectivity index (χ3v) is 11.8. The number of hydrogen-bond donors (Lipinski definition) is 4. The molecule has 0 radical (unpaired) electrons. The predicted octanol–water partition coefficient (Wildman–Crippen LogP) is 0.405. The van der Waals surface area contributed by atoms with Crippen molar-refractivity contribution in [2.24, 2.45) is 23.3 Å². The van der Waals surface area contributed by atoms with E-state index in [0.29, 0.717) is 51.5 Å². The van der Waals surface area contributed by atoms with Crippen LogP contribution in [0.2, 0.25) is 0 Å². The Morgan fingerprint density at radius 1 is 0.930 bits per heavy atom. The highest BCUT2D eigenvalue weighted by Gasteiger charge is 2.56. The Balaban J connectivity index is 1.04. The van der Waals surface area contributed by atoms with Gasteiger partial charge in [0, 0.05) is 56.3 Å². The van der Waals surface area contributed by atoms with Crippen LogP contribution < -0.4 is 22.1 Å². The fourth-order valence-corrected chi connectivity index (χ4v) is 9.26. The molecule has 0 aromatic carbocycles. The summed E-state index contributed by atoms with van der Waals surface area (Å²) in [5.74, 6) is -0.750. The number of halogens is 2. The first kappa shape index (κ1) is 31.5. The van der Waals surface area contributed by atoms with Crippen LogP contribution in [-0.2, 0) is 9.59 Å². The van der Waals surface area contributed by atoms with Crippen LogP contribution in [0.3, 0.4) is 0 Å². The number of carbonyl (C=O) groups is 2. The van der Waals surface area contributed by atoms with E-state index in [-0.39, 0.29) is 35.9 Å². The molecule has 0 aromatic heterocycles. The molecule has 6 saturated heterocycles. The van der Waals surface area contributed by atoms with Crippen molar-refractivity contribution in [3.8, 4) is 0 Å². The number of amides is 2. The Morgan fingerprint density at radius 3 is 2.40 bits per heavy atom. The van der Waals surface area contributed by atoms with Crippen LogP contribution in [0.5, 0.6) is 0 Å². The van der Waals surface area contributed by atoms with Crippen molar-refractivity contribution in [3.05, 3.63) is 0 Å². The summed E-state index contributed by atoms with van der Waals surface area (Å²) in [5.41, 5.74) is 12.2. The summed E-state index contributed by atoms with van der Waals surface area (Å²) < 4.78 is 29.8. The van der Waals surface area contributed by atoms with Crippen molar-refractivity contribution in [2.75, 3.05) is 58.9 Å². The van der Waals surface area contributed by atoms with Crippen LogP contribution in [0.15, 0.2) is 0 Å². The van der Waals surface area contributed by atoms with Gasteiger partial charge in [-0.25, -0.2) is 8.78 Å². The van der Waals surface area contributed by atoms with Crippen LogP contribution in [0, 0.1) is 11.8 Å². The summed E-state index contributed by atoms with van der Waals surface area (Å²) >= 11 is 0. The van der Waals surface area contributed by atoms with E-state index in [2.05, 4.69) is 37.2 Å². The molecule has 6 heterocycles.